The Morgan fingerprint density at radius 2 is 2.10 bits per heavy atom. The molecule has 9 heteroatoms. The third-order valence-corrected chi connectivity index (χ3v) is 5.12. The summed E-state index contributed by atoms with van der Waals surface area (Å²) in [6.07, 6.45) is 0.581. The lowest BCUT2D eigenvalue weighted by Crippen LogP contribution is -2.17. The molecule has 1 aromatic carbocycles. The van der Waals surface area contributed by atoms with Crippen LogP contribution in [0, 0.1) is 16.0 Å². The average molecular weight is 300 g/mol. The van der Waals surface area contributed by atoms with Gasteiger partial charge >= 0.3 is 5.69 Å². The standard InChI is InChI=1S/C11H16N4O4S/c12-14-10-3-1-2-9(11(10)15(16)17)13-6-8-4-5-20(18,19)7-8/h1-3,8,13-14H,4-7,12H2. The molecule has 20 heavy (non-hydrogen) atoms. The van der Waals surface area contributed by atoms with E-state index in [2.05, 4.69) is 10.7 Å². The first kappa shape index (κ1) is 14.5. The van der Waals surface area contributed by atoms with E-state index in [1.54, 1.807) is 12.1 Å². The van der Waals surface area contributed by atoms with Gasteiger partial charge in [0.25, 0.3) is 0 Å². The second kappa shape index (κ2) is 5.63. The van der Waals surface area contributed by atoms with E-state index in [0.717, 1.165) is 0 Å². The van der Waals surface area contributed by atoms with Gasteiger partial charge in [0.2, 0.25) is 0 Å². The number of sulfone groups is 1. The molecule has 0 amide bonds. The maximum absolute atomic E-state index is 11.4. The van der Waals surface area contributed by atoms with Crippen LogP contribution in [0.25, 0.3) is 0 Å². The normalized spacial score (nSPS) is 20.6. The molecular weight excluding hydrogens is 284 g/mol. The van der Waals surface area contributed by atoms with Crippen molar-refractivity contribution in [1.82, 2.24) is 0 Å². The van der Waals surface area contributed by atoms with Crippen LogP contribution < -0.4 is 16.6 Å². The molecule has 0 aromatic heterocycles. The number of nitrogens with one attached hydrogen (secondary N) is 2. The van der Waals surface area contributed by atoms with Crippen molar-refractivity contribution in [3.8, 4) is 0 Å². The number of hydrazine groups is 1. The first-order chi connectivity index (χ1) is 9.43. The fraction of sp³-hybridized carbons (Fsp3) is 0.455. The van der Waals surface area contributed by atoms with Gasteiger partial charge in [0, 0.05) is 6.54 Å². The van der Waals surface area contributed by atoms with Gasteiger partial charge in [0.05, 0.1) is 16.4 Å². The van der Waals surface area contributed by atoms with Crippen molar-refractivity contribution in [3.05, 3.63) is 28.3 Å². The van der Waals surface area contributed by atoms with E-state index in [-0.39, 0.29) is 28.8 Å². The highest BCUT2D eigenvalue weighted by molar-refractivity contribution is 7.91. The number of nitrogens with two attached hydrogens (primary N) is 1. The number of nitrogen functional groups attached to an aromatic ring is 1. The quantitative estimate of drug-likeness (QED) is 0.415. The number of rotatable bonds is 5. The van der Waals surface area contributed by atoms with Gasteiger partial charge in [-0.3, -0.25) is 16.0 Å². The molecule has 1 aliphatic heterocycles. The second-order valence-electron chi connectivity index (χ2n) is 4.75. The molecular formula is C11H16N4O4S. The summed E-state index contributed by atoms with van der Waals surface area (Å²) in [7, 11) is -2.95. The first-order valence-corrected chi connectivity index (χ1v) is 7.93. The van der Waals surface area contributed by atoms with Crippen molar-refractivity contribution in [1.29, 1.82) is 0 Å². The van der Waals surface area contributed by atoms with E-state index in [4.69, 9.17) is 5.84 Å². The summed E-state index contributed by atoms with van der Waals surface area (Å²) in [6.45, 7) is 0.383. The maximum Gasteiger partial charge on any atom is 0.316 e. The molecule has 0 spiro atoms. The number of para-hydroxylation sites is 1. The molecule has 1 heterocycles. The Morgan fingerprint density at radius 3 is 2.65 bits per heavy atom. The minimum atomic E-state index is -2.95. The van der Waals surface area contributed by atoms with Crippen molar-refractivity contribution < 1.29 is 13.3 Å². The van der Waals surface area contributed by atoms with Gasteiger partial charge in [-0.15, -0.1) is 0 Å². The number of benzene rings is 1. The van der Waals surface area contributed by atoms with Gasteiger partial charge in [0.15, 0.2) is 9.84 Å². The number of nitrogens with zero attached hydrogens (tertiary/aromatic N) is 1. The lowest BCUT2D eigenvalue weighted by Gasteiger charge is -2.12. The Bertz CT molecular complexity index is 617. The molecule has 1 saturated heterocycles. The SMILES string of the molecule is NNc1cccc(NCC2CCS(=O)(=O)C2)c1[N+](=O)[O-]. The second-order valence-corrected chi connectivity index (χ2v) is 6.98. The highest BCUT2D eigenvalue weighted by Gasteiger charge is 2.28. The van der Waals surface area contributed by atoms with Crippen molar-refractivity contribution in [2.75, 3.05) is 28.8 Å². The van der Waals surface area contributed by atoms with Crippen molar-refractivity contribution in [2.24, 2.45) is 11.8 Å². The lowest BCUT2D eigenvalue weighted by molar-refractivity contribution is -0.383. The Hall–Kier alpha value is -1.87. The predicted octanol–water partition coefficient (Wildman–Crippen LogP) is 0.727. The summed E-state index contributed by atoms with van der Waals surface area (Å²) >= 11 is 0. The molecule has 0 radical (unpaired) electrons. The molecule has 1 fully saturated rings. The summed E-state index contributed by atoms with van der Waals surface area (Å²) in [4.78, 5) is 10.5. The molecule has 1 unspecified atom stereocenters. The van der Waals surface area contributed by atoms with Crippen LogP contribution in [0.3, 0.4) is 0 Å². The Morgan fingerprint density at radius 1 is 1.40 bits per heavy atom. The molecule has 110 valence electrons. The van der Waals surface area contributed by atoms with Crippen LogP contribution in [-0.2, 0) is 9.84 Å². The van der Waals surface area contributed by atoms with E-state index in [0.29, 0.717) is 18.7 Å². The minimum absolute atomic E-state index is 0.0194. The van der Waals surface area contributed by atoms with Crippen molar-refractivity contribution >= 4 is 26.9 Å². The summed E-state index contributed by atoms with van der Waals surface area (Å²) in [5.74, 6) is 5.54. The molecule has 0 aliphatic carbocycles. The molecule has 1 aromatic rings. The maximum atomic E-state index is 11.4. The van der Waals surface area contributed by atoms with Crippen molar-refractivity contribution in [2.45, 2.75) is 6.42 Å². The number of nitro benzene ring substituents is 1. The molecule has 1 aliphatic rings. The van der Waals surface area contributed by atoms with E-state index in [9.17, 15) is 18.5 Å². The Balaban J connectivity index is 2.12. The first-order valence-electron chi connectivity index (χ1n) is 6.11. The smallest absolute Gasteiger partial charge is 0.316 e. The number of nitro groups is 1. The summed E-state index contributed by atoms with van der Waals surface area (Å²) in [5, 5.41) is 14.0. The Kier molecular flexibility index (Phi) is 4.09. The highest BCUT2D eigenvalue weighted by atomic mass is 32.2. The van der Waals surface area contributed by atoms with Crippen LogP contribution in [0.5, 0.6) is 0 Å². The van der Waals surface area contributed by atoms with Crippen molar-refractivity contribution in [3.63, 3.8) is 0 Å². The fourth-order valence-electron chi connectivity index (χ4n) is 2.29. The third-order valence-electron chi connectivity index (χ3n) is 3.28. The molecule has 1 atom stereocenters. The third kappa shape index (κ3) is 3.17. The predicted molar refractivity (Wildman–Crippen MR) is 76.2 cm³/mol. The van der Waals surface area contributed by atoms with Gasteiger partial charge in [-0.25, -0.2) is 8.42 Å². The zero-order chi connectivity index (χ0) is 14.8. The Labute approximate surface area is 116 Å². The van der Waals surface area contributed by atoms with E-state index in [1.807, 2.05) is 0 Å². The van der Waals surface area contributed by atoms with E-state index < -0.39 is 14.8 Å². The molecule has 8 nitrogen and oxygen atoms in total. The zero-order valence-corrected chi connectivity index (χ0v) is 11.5. The molecule has 0 saturated carbocycles. The van der Waals surface area contributed by atoms with Crippen LogP contribution in [0.4, 0.5) is 17.1 Å². The highest BCUT2D eigenvalue weighted by Crippen LogP contribution is 2.32. The van der Waals surface area contributed by atoms with E-state index >= 15 is 0 Å². The summed E-state index contributed by atoms with van der Waals surface area (Å²) in [5.41, 5.74) is 2.67. The topological polar surface area (TPSA) is 127 Å². The summed E-state index contributed by atoms with van der Waals surface area (Å²) in [6, 6.07) is 4.71. The summed E-state index contributed by atoms with van der Waals surface area (Å²) < 4.78 is 22.7. The van der Waals surface area contributed by atoms with Crippen LogP contribution in [0.2, 0.25) is 0 Å². The van der Waals surface area contributed by atoms with Gasteiger partial charge < -0.3 is 10.7 Å². The van der Waals surface area contributed by atoms with Gasteiger partial charge in [-0.1, -0.05) is 6.07 Å². The van der Waals surface area contributed by atoms with E-state index in [1.165, 1.54) is 6.07 Å². The van der Waals surface area contributed by atoms with Crippen LogP contribution in [0.15, 0.2) is 18.2 Å². The molecule has 4 N–H and O–H groups in total. The minimum Gasteiger partial charge on any atom is -0.379 e. The molecule has 2 rings (SSSR count). The fourth-order valence-corrected chi connectivity index (χ4v) is 4.15. The van der Waals surface area contributed by atoms with Crippen LogP contribution >= 0.6 is 0 Å². The van der Waals surface area contributed by atoms with Gasteiger partial charge in [0.1, 0.15) is 11.4 Å². The zero-order valence-electron chi connectivity index (χ0n) is 10.7. The van der Waals surface area contributed by atoms with Gasteiger partial charge in [-0.05, 0) is 24.5 Å². The van der Waals surface area contributed by atoms with Gasteiger partial charge in [-0.2, -0.15) is 0 Å². The number of anilines is 2. The number of hydrogen-bond acceptors (Lipinski definition) is 7. The van der Waals surface area contributed by atoms with Crippen LogP contribution in [0.1, 0.15) is 6.42 Å². The monoisotopic (exact) mass is 300 g/mol. The largest absolute Gasteiger partial charge is 0.379 e. The number of hydrogen-bond donors (Lipinski definition) is 3. The molecule has 0 bridgehead atoms. The van der Waals surface area contributed by atoms with Crippen LogP contribution in [-0.4, -0.2) is 31.4 Å². The average Bonchev–Trinajstić information content (AvgIpc) is 2.75. The lowest BCUT2D eigenvalue weighted by atomic mass is 10.1.